The molecule has 0 spiro atoms. The average molecular weight is 373 g/mol. The topological polar surface area (TPSA) is 55.1 Å². The van der Waals surface area contributed by atoms with Crippen molar-refractivity contribution in [1.82, 2.24) is 10.5 Å². The van der Waals surface area contributed by atoms with Gasteiger partial charge < -0.3 is 9.84 Å². The first kappa shape index (κ1) is 17.6. The molecule has 0 fully saturated rings. The molecule has 0 unspecified atom stereocenters. The molecule has 0 saturated heterocycles. The minimum atomic E-state index is -0.105. The molecule has 3 rings (SSSR count). The Hall–Kier alpha value is -2.24. The van der Waals surface area contributed by atoms with Crippen LogP contribution in [0.3, 0.4) is 0 Å². The van der Waals surface area contributed by atoms with E-state index in [4.69, 9.17) is 16.1 Å². The van der Waals surface area contributed by atoms with Crippen molar-refractivity contribution in [1.29, 1.82) is 0 Å². The van der Waals surface area contributed by atoms with E-state index < -0.39 is 0 Å². The molecule has 1 heterocycles. The molecule has 0 aliphatic heterocycles. The van der Waals surface area contributed by atoms with Crippen LogP contribution in [0, 0.1) is 6.92 Å². The molecule has 1 N–H and O–H groups in total. The maximum Gasteiger partial charge on any atom is 0.252 e. The van der Waals surface area contributed by atoms with Gasteiger partial charge in [0.1, 0.15) is 5.76 Å². The van der Waals surface area contributed by atoms with E-state index in [1.807, 2.05) is 61.5 Å². The van der Waals surface area contributed by atoms with E-state index in [2.05, 4.69) is 10.5 Å². The first-order chi connectivity index (χ1) is 12.1. The van der Waals surface area contributed by atoms with Crippen molar-refractivity contribution in [2.45, 2.75) is 24.1 Å². The van der Waals surface area contributed by atoms with Gasteiger partial charge in [-0.25, -0.2) is 0 Å². The maximum atomic E-state index is 12.5. The lowest BCUT2D eigenvalue weighted by molar-refractivity contribution is 0.0948. The summed E-state index contributed by atoms with van der Waals surface area (Å²) in [5, 5.41) is 7.50. The summed E-state index contributed by atoms with van der Waals surface area (Å²) in [4.78, 5) is 13.4. The minimum absolute atomic E-state index is 0.105. The zero-order valence-electron chi connectivity index (χ0n) is 13.7. The minimum Gasteiger partial charge on any atom is -0.360 e. The number of amides is 1. The zero-order valence-corrected chi connectivity index (χ0v) is 15.2. The van der Waals surface area contributed by atoms with Crippen LogP contribution in [0.5, 0.6) is 0 Å². The van der Waals surface area contributed by atoms with E-state index in [0.29, 0.717) is 22.9 Å². The third-order valence-electron chi connectivity index (χ3n) is 3.54. The smallest absolute Gasteiger partial charge is 0.252 e. The van der Waals surface area contributed by atoms with E-state index in [0.717, 1.165) is 21.9 Å². The van der Waals surface area contributed by atoms with Gasteiger partial charge in [-0.2, -0.15) is 0 Å². The van der Waals surface area contributed by atoms with E-state index >= 15 is 0 Å². The number of hydrogen-bond acceptors (Lipinski definition) is 4. The molecule has 2 aromatic carbocycles. The number of benzene rings is 2. The largest absolute Gasteiger partial charge is 0.360 e. The number of hydrogen-bond donors (Lipinski definition) is 1. The predicted molar refractivity (Wildman–Crippen MR) is 99.9 cm³/mol. The Bertz CT molecular complexity index is 862. The van der Waals surface area contributed by atoms with Crippen molar-refractivity contribution in [2.75, 3.05) is 0 Å². The molecule has 25 heavy (non-hydrogen) atoms. The van der Waals surface area contributed by atoms with Gasteiger partial charge in [-0.3, -0.25) is 4.79 Å². The predicted octanol–water partition coefficient (Wildman–Crippen LogP) is 4.86. The average Bonchev–Trinajstić information content (AvgIpc) is 3.05. The van der Waals surface area contributed by atoms with Crippen LogP contribution in [-0.4, -0.2) is 11.1 Å². The third kappa shape index (κ3) is 4.87. The molecule has 1 aromatic heterocycles. The van der Waals surface area contributed by atoms with Crippen molar-refractivity contribution in [2.24, 2.45) is 0 Å². The van der Waals surface area contributed by atoms with Crippen LogP contribution in [0.25, 0.3) is 0 Å². The van der Waals surface area contributed by atoms with Gasteiger partial charge in [0.2, 0.25) is 0 Å². The van der Waals surface area contributed by atoms with Crippen LogP contribution in [0.1, 0.15) is 27.4 Å². The van der Waals surface area contributed by atoms with Crippen LogP contribution < -0.4 is 5.32 Å². The van der Waals surface area contributed by atoms with Crippen LogP contribution in [0.4, 0.5) is 0 Å². The fraction of sp³-hybridized carbons (Fsp3) is 0.158. The Morgan fingerprint density at radius 2 is 1.96 bits per heavy atom. The summed E-state index contributed by atoms with van der Waals surface area (Å²) in [6.07, 6.45) is 0. The molecular formula is C19H17ClN2O2S. The molecule has 6 heteroatoms. The highest BCUT2D eigenvalue weighted by atomic mass is 35.5. The number of rotatable bonds is 6. The highest BCUT2D eigenvalue weighted by Gasteiger charge is 2.12. The number of halogens is 1. The van der Waals surface area contributed by atoms with Crippen molar-refractivity contribution in [3.05, 3.63) is 82.2 Å². The highest BCUT2D eigenvalue weighted by molar-refractivity contribution is 7.98. The van der Waals surface area contributed by atoms with Gasteiger partial charge in [-0.15, -0.1) is 11.8 Å². The molecule has 128 valence electrons. The van der Waals surface area contributed by atoms with Crippen molar-refractivity contribution >= 4 is 29.3 Å². The summed E-state index contributed by atoms with van der Waals surface area (Å²) in [5.74, 6) is 1.31. The Morgan fingerprint density at radius 3 is 2.68 bits per heavy atom. The van der Waals surface area contributed by atoms with Gasteiger partial charge in [0.25, 0.3) is 5.91 Å². The molecule has 4 nitrogen and oxygen atoms in total. The quantitative estimate of drug-likeness (QED) is 0.628. The SMILES string of the molecule is Cc1cc(CSc2ccccc2C(=O)NCc2ccc(Cl)cc2)on1. The maximum absolute atomic E-state index is 12.5. The fourth-order valence-corrected chi connectivity index (χ4v) is 3.34. The monoisotopic (exact) mass is 372 g/mol. The van der Waals surface area contributed by atoms with Gasteiger partial charge in [0.05, 0.1) is 17.0 Å². The van der Waals surface area contributed by atoms with E-state index in [1.54, 1.807) is 11.8 Å². The van der Waals surface area contributed by atoms with Gasteiger partial charge in [-0.1, -0.05) is 41.0 Å². The number of aryl methyl sites for hydroxylation is 1. The number of nitrogens with one attached hydrogen (secondary N) is 1. The van der Waals surface area contributed by atoms with Gasteiger partial charge in [0, 0.05) is 22.5 Å². The lowest BCUT2D eigenvalue weighted by Gasteiger charge is -2.09. The second kappa shape index (κ2) is 8.23. The number of nitrogens with zero attached hydrogens (tertiary/aromatic N) is 1. The molecule has 0 aliphatic rings. The van der Waals surface area contributed by atoms with Crippen LogP contribution >= 0.6 is 23.4 Å². The Kier molecular flexibility index (Phi) is 5.79. The Labute approximate surface area is 155 Å². The molecule has 1 amide bonds. The molecule has 3 aromatic rings. The summed E-state index contributed by atoms with van der Waals surface area (Å²) in [7, 11) is 0. The van der Waals surface area contributed by atoms with Gasteiger partial charge >= 0.3 is 0 Å². The fourth-order valence-electron chi connectivity index (χ4n) is 2.29. The van der Waals surface area contributed by atoms with E-state index in [9.17, 15) is 4.79 Å². The van der Waals surface area contributed by atoms with Gasteiger partial charge in [0.15, 0.2) is 0 Å². The third-order valence-corrected chi connectivity index (χ3v) is 4.89. The summed E-state index contributed by atoms with van der Waals surface area (Å²) in [6.45, 7) is 2.34. The lowest BCUT2D eigenvalue weighted by Crippen LogP contribution is -2.23. The first-order valence-electron chi connectivity index (χ1n) is 7.78. The van der Waals surface area contributed by atoms with Crippen molar-refractivity contribution < 1.29 is 9.32 Å². The zero-order chi connectivity index (χ0) is 17.6. The standard InChI is InChI=1S/C19H17ClN2O2S/c1-13-10-16(24-22-13)12-25-18-5-3-2-4-17(18)19(23)21-11-14-6-8-15(20)9-7-14/h2-10H,11-12H2,1H3,(H,21,23). The summed E-state index contributed by atoms with van der Waals surface area (Å²) < 4.78 is 5.22. The number of aromatic nitrogens is 1. The van der Waals surface area contributed by atoms with Gasteiger partial charge in [-0.05, 0) is 36.8 Å². The van der Waals surface area contributed by atoms with Crippen molar-refractivity contribution in [3.8, 4) is 0 Å². The molecule has 0 atom stereocenters. The normalized spacial score (nSPS) is 10.6. The van der Waals surface area contributed by atoms with E-state index in [-0.39, 0.29) is 5.91 Å². The number of carbonyl (C=O) groups is 1. The highest BCUT2D eigenvalue weighted by Crippen LogP contribution is 2.26. The lowest BCUT2D eigenvalue weighted by atomic mass is 10.2. The molecule has 0 saturated carbocycles. The Morgan fingerprint density at radius 1 is 1.20 bits per heavy atom. The molecular weight excluding hydrogens is 356 g/mol. The second-order valence-corrected chi connectivity index (χ2v) is 6.98. The number of thioether (sulfide) groups is 1. The summed E-state index contributed by atoms with van der Waals surface area (Å²) >= 11 is 7.43. The molecule has 0 aliphatic carbocycles. The van der Waals surface area contributed by atoms with Crippen LogP contribution in [-0.2, 0) is 12.3 Å². The van der Waals surface area contributed by atoms with E-state index in [1.165, 1.54) is 0 Å². The molecule has 0 radical (unpaired) electrons. The molecule has 0 bridgehead atoms. The summed E-state index contributed by atoms with van der Waals surface area (Å²) in [6, 6.07) is 16.9. The first-order valence-corrected chi connectivity index (χ1v) is 9.15. The van der Waals surface area contributed by atoms with Crippen LogP contribution in [0.2, 0.25) is 5.02 Å². The Balaban J connectivity index is 1.64. The number of carbonyl (C=O) groups excluding carboxylic acids is 1. The van der Waals surface area contributed by atoms with Crippen LogP contribution in [0.15, 0.2) is 64.0 Å². The van der Waals surface area contributed by atoms with Crippen molar-refractivity contribution in [3.63, 3.8) is 0 Å². The second-order valence-electron chi connectivity index (χ2n) is 5.53. The summed E-state index contributed by atoms with van der Waals surface area (Å²) in [5.41, 5.74) is 2.50.